The summed E-state index contributed by atoms with van der Waals surface area (Å²) in [6.07, 6.45) is 3.53. The summed E-state index contributed by atoms with van der Waals surface area (Å²) in [7, 11) is 0. The molecular formula is C13H19N3O2. The van der Waals surface area contributed by atoms with Gasteiger partial charge in [-0.25, -0.2) is 9.78 Å². The minimum Gasteiger partial charge on any atom is -0.464 e. The van der Waals surface area contributed by atoms with Crippen molar-refractivity contribution in [1.82, 2.24) is 4.98 Å². The van der Waals surface area contributed by atoms with Gasteiger partial charge in [0, 0.05) is 12.7 Å². The van der Waals surface area contributed by atoms with Gasteiger partial charge in [-0.3, -0.25) is 0 Å². The number of ether oxygens (including phenoxy) is 1. The van der Waals surface area contributed by atoms with Crippen LogP contribution in [0.15, 0.2) is 12.3 Å². The minimum absolute atomic E-state index is 0.184. The monoisotopic (exact) mass is 249 g/mol. The number of rotatable bonds is 3. The van der Waals surface area contributed by atoms with Crippen molar-refractivity contribution in [3.63, 3.8) is 0 Å². The molecule has 1 aromatic rings. The minimum atomic E-state index is -0.248. The van der Waals surface area contributed by atoms with Gasteiger partial charge < -0.3 is 15.4 Å². The van der Waals surface area contributed by atoms with Crippen LogP contribution >= 0.6 is 0 Å². The van der Waals surface area contributed by atoms with Crippen molar-refractivity contribution in [1.29, 1.82) is 0 Å². The van der Waals surface area contributed by atoms with Gasteiger partial charge >= 0.3 is 5.97 Å². The number of pyridine rings is 1. The van der Waals surface area contributed by atoms with Crippen LogP contribution in [-0.4, -0.2) is 30.1 Å². The second kappa shape index (κ2) is 5.25. The largest absolute Gasteiger partial charge is 0.464 e. The van der Waals surface area contributed by atoms with Crippen LogP contribution in [0, 0.1) is 6.92 Å². The molecule has 0 amide bonds. The number of carbonyl (C=O) groups excluding carboxylic acids is 1. The molecule has 18 heavy (non-hydrogen) atoms. The summed E-state index contributed by atoms with van der Waals surface area (Å²) in [6, 6.07) is 1.63. The molecule has 0 radical (unpaired) electrons. The smallest absolute Gasteiger partial charge is 0.328 e. The van der Waals surface area contributed by atoms with E-state index in [1.165, 1.54) is 0 Å². The highest BCUT2D eigenvalue weighted by Crippen LogP contribution is 2.29. The number of aryl methyl sites for hydroxylation is 1. The number of anilines is 2. The first-order valence-corrected chi connectivity index (χ1v) is 6.29. The van der Waals surface area contributed by atoms with Crippen molar-refractivity contribution in [2.24, 2.45) is 0 Å². The summed E-state index contributed by atoms with van der Waals surface area (Å²) in [5.41, 5.74) is 7.61. The molecule has 1 aliphatic rings. The number of hydrogen-bond donors (Lipinski definition) is 1. The second-order valence-electron chi connectivity index (χ2n) is 4.53. The first kappa shape index (κ1) is 12.7. The average molecular weight is 249 g/mol. The van der Waals surface area contributed by atoms with Gasteiger partial charge in [0.25, 0.3) is 0 Å². The Bertz CT molecular complexity index is 448. The molecule has 5 nitrogen and oxygen atoms in total. The van der Waals surface area contributed by atoms with E-state index in [4.69, 9.17) is 10.5 Å². The molecule has 2 heterocycles. The first-order valence-electron chi connectivity index (χ1n) is 6.29. The molecule has 0 aliphatic carbocycles. The SMILES string of the molecule is CCOC(=O)C1CCCN1c1ncc(C)cc1N. The van der Waals surface area contributed by atoms with E-state index in [1.807, 2.05) is 24.8 Å². The molecule has 1 aromatic heterocycles. The normalized spacial score (nSPS) is 19.0. The third-order valence-corrected chi connectivity index (χ3v) is 3.12. The van der Waals surface area contributed by atoms with Crippen LogP contribution in [0.25, 0.3) is 0 Å². The Morgan fingerprint density at radius 3 is 3.11 bits per heavy atom. The second-order valence-corrected chi connectivity index (χ2v) is 4.53. The van der Waals surface area contributed by atoms with Crippen molar-refractivity contribution in [3.8, 4) is 0 Å². The zero-order valence-electron chi connectivity index (χ0n) is 10.8. The number of aromatic nitrogens is 1. The Hall–Kier alpha value is -1.78. The van der Waals surface area contributed by atoms with Crippen molar-refractivity contribution in [2.75, 3.05) is 23.8 Å². The van der Waals surface area contributed by atoms with Gasteiger partial charge in [0.15, 0.2) is 5.82 Å². The van der Waals surface area contributed by atoms with E-state index in [0.717, 1.165) is 24.9 Å². The third-order valence-electron chi connectivity index (χ3n) is 3.12. The quantitative estimate of drug-likeness (QED) is 0.822. The van der Waals surface area contributed by atoms with Crippen molar-refractivity contribution in [2.45, 2.75) is 32.7 Å². The zero-order chi connectivity index (χ0) is 13.1. The molecule has 2 rings (SSSR count). The maximum atomic E-state index is 11.9. The molecule has 0 spiro atoms. The summed E-state index contributed by atoms with van der Waals surface area (Å²) in [5, 5.41) is 0. The lowest BCUT2D eigenvalue weighted by Crippen LogP contribution is -2.38. The van der Waals surface area contributed by atoms with Gasteiger partial charge in [-0.1, -0.05) is 0 Å². The topological polar surface area (TPSA) is 68.5 Å². The van der Waals surface area contributed by atoms with E-state index < -0.39 is 0 Å². The maximum Gasteiger partial charge on any atom is 0.328 e. The Balaban J connectivity index is 2.23. The Kier molecular flexibility index (Phi) is 3.69. The molecule has 5 heteroatoms. The van der Waals surface area contributed by atoms with Gasteiger partial charge in [-0.2, -0.15) is 0 Å². The number of nitrogen functional groups attached to an aromatic ring is 1. The van der Waals surface area contributed by atoms with Crippen molar-refractivity contribution < 1.29 is 9.53 Å². The van der Waals surface area contributed by atoms with Crippen molar-refractivity contribution >= 4 is 17.5 Å². The fourth-order valence-corrected chi connectivity index (χ4v) is 2.33. The van der Waals surface area contributed by atoms with Gasteiger partial charge in [0.05, 0.1) is 12.3 Å². The standard InChI is InChI=1S/C13H19N3O2/c1-3-18-13(17)11-5-4-6-16(11)12-10(14)7-9(2)8-15-12/h7-8,11H,3-6,14H2,1-2H3. The van der Waals surface area contributed by atoms with Crippen LogP contribution in [0.2, 0.25) is 0 Å². The number of nitrogens with zero attached hydrogens (tertiary/aromatic N) is 2. The molecule has 98 valence electrons. The van der Waals surface area contributed by atoms with Gasteiger partial charge in [0.1, 0.15) is 6.04 Å². The van der Waals surface area contributed by atoms with Gasteiger partial charge in [-0.15, -0.1) is 0 Å². The predicted molar refractivity (Wildman–Crippen MR) is 70.4 cm³/mol. The summed E-state index contributed by atoms with van der Waals surface area (Å²) >= 11 is 0. The number of esters is 1. The molecule has 0 aromatic carbocycles. The van der Waals surface area contributed by atoms with E-state index in [0.29, 0.717) is 18.1 Å². The molecule has 1 fully saturated rings. The Morgan fingerprint density at radius 1 is 1.67 bits per heavy atom. The van der Waals surface area contributed by atoms with Crippen LogP contribution in [0.1, 0.15) is 25.3 Å². The fraction of sp³-hybridized carbons (Fsp3) is 0.538. The molecule has 1 unspecified atom stereocenters. The molecule has 1 atom stereocenters. The van der Waals surface area contributed by atoms with Crippen LogP contribution in [0.4, 0.5) is 11.5 Å². The van der Waals surface area contributed by atoms with E-state index in [9.17, 15) is 4.79 Å². The lowest BCUT2D eigenvalue weighted by molar-refractivity contribution is -0.144. The van der Waals surface area contributed by atoms with Crippen LogP contribution in [0.5, 0.6) is 0 Å². The number of nitrogens with two attached hydrogens (primary N) is 1. The van der Waals surface area contributed by atoms with Crippen molar-refractivity contribution in [3.05, 3.63) is 17.8 Å². The van der Waals surface area contributed by atoms with Crippen LogP contribution in [0.3, 0.4) is 0 Å². The van der Waals surface area contributed by atoms with E-state index in [-0.39, 0.29) is 12.0 Å². The van der Waals surface area contributed by atoms with E-state index in [1.54, 1.807) is 6.20 Å². The highest BCUT2D eigenvalue weighted by atomic mass is 16.5. The summed E-state index contributed by atoms with van der Waals surface area (Å²) in [4.78, 5) is 18.2. The average Bonchev–Trinajstić information content (AvgIpc) is 2.78. The maximum absolute atomic E-state index is 11.9. The third kappa shape index (κ3) is 2.39. The molecule has 1 saturated heterocycles. The summed E-state index contributed by atoms with van der Waals surface area (Å²) in [5.74, 6) is 0.507. The van der Waals surface area contributed by atoms with E-state index in [2.05, 4.69) is 4.98 Å². The molecule has 0 saturated carbocycles. The molecular weight excluding hydrogens is 230 g/mol. The van der Waals surface area contributed by atoms with Gasteiger partial charge in [-0.05, 0) is 38.3 Å². The predicted octanol–water partition coefficient (Wildman–Crippen LogP) is 1.50. The van der Waals surface area contributed by atoms with Crippen LogP contribution < -0.4 is 10.6 Å². The zero-order valence-corrected chi connectivity index (χ0v) is 10.8. The number of carbonyl (C=O) groups is 1. The lowest BCUT2D eigenvalue weighted by Gasteiger charge is -2.25. The highest BCUT2D eigenvalue weighted by molar-refractivity contribution is 5.82. The highest BCUT2D eigenvalue weighted by Gasteiger charge is 2.33. The van der Waals surface area contributed by atoms with Gasteiger partial charge in [0.2, 0.25) is 0 Å². The Morgan fingerprint density at radius 2 is 2.44 bits per heavy atom. The number of hydrogen-bond acceptors (Lipinski definition) is 5. The first-order chi connectivity index (χ1) is 8.63. The molecule has 0 bridgehead atoms. The fourth-order valence-electron chi connectivity index (χ4n) is 2.33. The molecule has 1 aliphatic heterocycles. The van der Waals surface area contributed by atoms with E-state index >= 15 is 0 Å². The Labute approximate surface area is 107 Å². The molecule has 2 N–H and O–H groups in total. The van der Waals surface area contributed by atoms with Crippen LogP contribution in [-0.2, 0) is 9.53 Å². The summed E-state index contributed by atoms with van der Waals surface area (Å²) in [6.45, 7) is 4.96. The lowest BCUT2D eigenvalue weighted by atomic mass is 10.2. The summed E-state index contributed by atoms with van der Waals surface area (Å²) < 4.78 is 5.09.